The lowest BCUT2D eigenvalue weighted by atomic mass is 10.1. The summed E-state index contributed by atoms with van der Waals surface area (Å²) in [6, 6.07) is 0. The van der Waals surface area contributed by atoms with Crippen LogP contribution in [0.2, 0.25) is 0 Å². The van der Waals surface area contributed by atoms with Crippen LogP contribution >= 0.6 is 0 Å². The van der Waals surface area contributed by atoms with Crippen LogP contribution in [0, 0.1) is 5.92 Å². The van der Waals surface area contributed by atoms with Crippen molar-refractivity contribution in [3.63, 3.8) is 0 Å². The van der Waals surface area contributed by atoms with Crippen molar-refractivity contribution in [2.24, 2.45) is 5.92 Å². The first-order valence-electron chi connectivity index (χ1n) is 7.35. The first-order chi connectivity index (χ1) is 9.06. The van der Waals surface area contributed by atoms with E-state index in [4.69, 9.17) is 5.11 Å². The Morgan fingerprint density at radius 3 is 2.58 bits per heavy atom. The van der Waals surface area contributed by atoms with Crippen molar-refractivity contribution in [3.8, 4) is 0 Å². The number of piperidine rings is 1. The van der Waals surface area contributed by atoms with Gasteiger partial charge in [0.2, 0.25) is 10.0 Å². The fourth-order valence-corrected chi connectivity index (χ4v) is 3.90. The van der Waals surface area contributed by atoms with Crippen molar-refractivity contribution in [3.05, 3.63) is 0 Å². The van der Waals surface area contributed by atoms with E-state index in [0.29, 0.717) is 25.4 Å². The van der Waals surface area contributed by atoms with E-state index in [-0.39, 0.29) is 12.4 Å². The number of aliphatic hydroxyl groups excluding tert-OH is 1. The summed E-state index contributed by atoms with van der Waals surface area (Å²) in [6.07, 6.45) is 4.59. The van der Waals surface area contributed by atoms with Gasteiger partial charge < -0.3 is 10.4 Å². The monoisotopic (exact) mass is 292 g/mol. The van der Waals surface area contributed by atoms with Crippen LogP contribution in [0.5, 0.6) is 0 Å². The van der Waals surface area contributed by atoms with Crippen molar-refractivity contribution in [1.29, 1.82) is 0 Å². The molecule has 1 atom stereocenters. The molecule has 1 aliphatic rings. The molecule has 0 aromatic rings. The molecule has 0 radical (unpaired) electrons. The summed E-state index contributed by atoms with van der Waals surface area (Å²) >= 11 is 0. The number of nitrogens with one attached hydrogen (secondary N) is 1. The van der Waals surface area contributed by atoms with Gasteiger partial charge in [-0.1, -0.05) is 13.3 Å². The summed E-state index contributed by atoms with van der Waals surface area (Å²) in [4.78, 5) is 0. The van der Waals surface area contributed by atoms with Gasteiger partial charge in [-0.05, 0) is 44.7 Å². The van der Waals surface area contributed by atoms with Crippen LogP contribution in [0.25, 0.3) is 0 Å². The minimum Gasteiger partial charge on any atom is -0.396 e. The molecule has 0 saturated carbocycles. The fourth-order valence-electron chi connectivity index (χ4n) is 2.32. The molecule has 5 nitrogen and oxygen atoms in total. The first kappa shape index (κ1) is 16.9. The number of rotatable bonds is 9. The molecule has 0 aliphatic carbocycles. The zero-order valence-corrected chi connectivity index (χ0v) is 12.8. The van der Waals surface area contributed by atoms with Gasteiger partial charge in [-0.3, -0.25) is 0 Å². The second-order valence-electron chi connectivity index (χ2n) is 5.45. The number of hydrogen-bond acceptors (Lipinski definition) is 4. The van der Waals surface area contributed by atoms with Crippen molar-refractivity contribution in [1.82, 2.24) is 9.62 Å². The second-order valence-corrected chi connectivity index (χ2v) is 7.54. The summed E-state index contributed by atoms with van der Waals surface area (Å²) in [6.45, 7) is 5.25. The highest BCUT2D eigenvalue weighted by Gasteiger charge is 2.22. The normalized spacial score (nSPS) is 19.5. The van der Waals surface area contributed by atoms with E-state index in [1.54, 1.807) is 4.31 Å². The van der Waals surface area contributed by atoms with Gasteiger partial charge in [0.15, 0.2) is 0 Å². The minimum absolute atomic E-state index is 0.214. The zero-order chi connectivity index (χ0) is 14.1. The average Bonchev–Trinajstić information content (AvgIpc) is 2.39. The average molecular weight is 292 g/mol. The molecule has 1 aliphatic heterocycles. The molecule has 1 saturated heterocycles. The maximum absolute atomic E-state index is 12.1. The van der Waals surface area contributed by atoms with E-state index in [1.807, 2.05) is 0 Å². The third kappa shape index (κ3) is 6.70. The molecule has 1 heterocycles. The van der Waals surface area contributed by atoms with Gasteiger partial charge in [0, 0.05) is 19.7 Å². The molecule has 19 heavy (non-hydrogen) atoms. The quantitative estimate of drug-likeness (QED) is 0.617. The molecule has 2 N–H and O–H groups in total. The summed E-state index contributed by atoms with van der Waals surface area (Å²) in [5.41, 5.74) is 0. The molecule has 0 spiro atoms. The Morgan fingerprint density at radius 2 is 1.95 bits per heavy atom. The summed E-state index contributed by atoms with van der Waals surface area (Å²) in [5.74, 6) is 0.678. The van der Waals surface area contributed by atoms with Crippen LogP contribution < -0.4 is 5.32 Å². The molecule has 0 aromatic heterocycles. The van der Waals surface area contributed by atoms with E-state index in [2.05, 4.69) is 12.2 Å². The smallest absolute Gasteiger partial charge is 0.214 e. The molecule has 0 bridgehead atoms. The van der Waals surface area contributed by atoms with Gasteiger partial charge in [0.25, 0.3) is 0 Å². The van der Waals surface area contributed by atoms with Crippen molar-refractivity contribution in [2.45, 2.75) is 39.0 Å². The number of sulfonamides is 1. The minimum atomic E-state index is -3.04. The van der Waals surface area contributed by atoms with Gasteiger partial charge in [-0.2, -0.15) is 0 Å². The topological polar surface area (TPSA) is 69.6 Å². The van der Waals surface area contributed by atoms with Crippen LogP contribution in [0.4, 0.5) is 0 Å². The Hall–Kier alpha value is -0.170. The molecule has 114 valence electrons. The molecular formula is C13H28N2O3S. The molecule has 1 fully saturated rings. The summed E-state index contributed by atoms with van der Waals surface area (Å²) in [5, 5.41) is 12.0. The third-order valence-corrected chi connectivity index (χ3v) is 5.54. The van der Waals surface area contributed by atoms with E-state index in [0.717, 1.165) is 38.8 Å². The van der Waals surface area contributed by atoms with Crippen LogP contribution in [0.1, 0.15) is 39.0 Å². The predicted octanol–water partition coefficient (Wildman–Crippen LogP) is 0.800. The largest absolute Gasteiger partial charge is 0.396 e. The molecule has 1 rings (SSSR count). The lowest BCUT2D eigenvalue weighted by Gasteiger charge is -2.25. The van der Waals surface area contributed by atoms with E-state index in [9.17, 15) is 8.42 Å². The lowest BCUT2D eigenvalue weighted by molar-refractivity contribution is 0.260. The van der Waals surface area contributed by atoms with Gasteiger partial charge in [-0.15, -0.1) is 0 Å². The summed E-state index contributed by atoms with van der Waals surface area (Å²) in [7, 11) is -3.04. The van der Waals surface area contributed by atoms with Crippen LogP contribution in [0.3, 0.4) is 0 Å². The standard InChI is InChI=1S/C13H28N2O3S/c1-13(6-10-16)12-14-7-5-11-19(17,18)15-8-3-2-4-9-15/h13-14,16H,2-12H2,1H3. The van der Waals surface area contributed by atoms with Crippen molar-refractivity contribution in [2.75, 3.05) is 38.5 Å². The van der Waals surface area contributed by atoms with Crippen LogP contribution in [-0.4, -0.2) is 56.4 Å². The van der Waals surface area contributed by atoms with Crippen molar-refractivity contribution >= 4 is 10.0 Å². The van der Waals surface area contributed by atoms with E-state index >= 15 is 0 Å². The van der Waals surface area contributed by atoms with E-state index in [1.165, 1.54) is 0 Å². The number of aliphatic hydroxyl groups is 1. The molecule has 6 heteroatoms. The maximum Gasteiger partial charge on any atom is 0.214 e. The first-order valence-corrected chi connectivity index (χ1v) is 8.96. The highest BCUT2D eigenvalue weighted by Crippen LogP contribution is 2.13. The molecular weight excluding hydrogens is 264 g/mol. The third-order valence-electron chi connectivity index (χ3n) is 3.58. The number of hydrogen-bond donors (Lipinski definition) is 2. The Kier molecular flexibility index (Phi) is 7.90. The zero-order valence-electron chi connectivity index (χ0n) is 12.0. The summed E-state index contributed by atoms with van der Waals surface area (Å²) < 4.78 is 25.7. The van der Waals surface area contributed by atoms with E-state index < -0.39 is 10.0 Å². The second kappa shape index (κ2) is 8.89. The molecule has 0 amide bonds. The predicted molar refractivity (Wildman–Crippen MR) is 77.6 cm³/mol. The Bertz CT molecular complexity index is 327. The van der Waals surface area contributed by atoms with Gasteiger partial charge in [0.05, 0.1) is 5.75 Å². The highest BCUT2D eigenvalue weighted by atomic mass is 32.2. The lowest BCUT2D eigenvalue weighted by Crippen LogP contribution is -2.37. The van der Waals surface area contributed by atoms with Crippen molar-refractivity contribution < 1.29 is 13.5 Å². The van der Waals surface area contributed by atoms with Gasteiger partial charge in [-0.25, -0.2) is 12.7 Å². The highest BCUT2D eigenvalue weighted by molar-refractivity contribution is 7.89. The van der Waals surface area contributed by atoms with Gasteiger partial charge in [0.1, 0.15) is 0 Å². The fraction of sp³-hybridized carbons (Fsp3) is 1.00. The molecule has 1 unspecified atom stereocenters. The number of nitrogens with zero attached hydrogens (tertiary/aromatic N) is 1. The van der Waals surface area contributed by atoms with Gasteiger partial charge >= 0.3 is 0 Å². The Labute approximate surface area is 117 Å². The molecule has 0 aromatic carbocycles. The van der Waals surface area contributed by atoms with Crippen LogP contribution in [0.15, 0.2) is 0 Å². The Balaban J connectivity index is 2.14. The van der Waals surface area contributed by atoms with Crippen LogP contribution in [-0.2, 0) is 10.0 Å². The Morgan fingerprint density at radius 1 is 1.26 bits per heavy atom. The maximum atomic E-state index is 12.1. The SMILES string of the molecule is CC(CCO)CNCCCS(=O)(=O)N1CCCCC1.